The maximum Gasteiger partial charge on any atom is 0.325 e. The van der Waals surface area contributed by atoms with Crippen LogP contribution in [0.1, 0.15) is 39.7 Å². The molecule has 1 aromatic rings. The Hall–Kier alpha value is -2.51. The van der Waals surface area contributed by atoms with Gasteiger partial charge in [-0.3, -0.25) is 14.5 Å². The zero-order valence-corrected chi connectivity index (χ0v) is 14.6. The Bertz CT molecular complexity index is 716. The van der Waals surface area contributed by atoms with Gasteiger partial charge in [-0.25, -0.2) is 13.6 Å². The van der Waals surface area contributed by atoms with Crippen molar-refractivity contribution in [2.45, 2.75) is 45.2 Å². The fourth-order valence-corrected chi connectivity index (χ4v) is 2.63. The molecule has 0 spiro atoms. The summed E-state index contributed by atoms with van der Waals surface area (Å²) in [5, 5.41) is 4.99. The number of carbonyl (C=O) groups excluding carboxylic acids is 3. The first kappa shape index (κ1) is 18.8. The van der Waals surface area contributed by atoms with Gasteiger partial charge in [0.15, 0.2) is 0 Å². The van der Waals surface area contributed by atoms with Crippen molar-refractivity contribution in [3.63, 3.8) is 0 Å². The predicted molar refractivity (Wildman–Crippen MR) is 86.5 cm³/mol. The van der Waals surface area contributed by atoms with Crippen LogP contribution in [0.5, 0.6) is 0 Å². The molecule has 8 heteroatoms. The van der Waals surface area contributed by atoms with Gasteiger partial charge in [0, 0.05) is 5.54 Å². The van der Waals surface area contributed by atoms with Crippen LogP contribution >= 0.6 is 0 Å². The second-order valence-corrected chi connectivity index (χ2v) is 6.83. The molecule has 1 aliphatic heterocycles. The molecule has 0 saturated carbocycles. The molecular weight excluding hydrogens is 332 g/mol. The van der Waals surface area contributed by atoms with E-state index in [0.717, 1.165) is 18.2 Å². The summed E-state index contributed by atoms with van der Waals surface area (Å²) in [6, 6.07) is 2.29. The molecule has 25 heavy (non-hydrogen) atoms. The summed E-state index contributed by atoms with van der Waals surface area (Å²) < 4.78 is 28.1. The zero-order valence-electron chi connectivity index (χ0n) is 14.6. The number of amides is 4. The number of nitrogens with one attached hydrogen (secondary N) is 2. The number of urea groups is 1. The van der Waals surface area contributed by atoms with Crippen molar-refractivity contribution >= 4 is 17.8 Å². The molecule has 0 aromatic heterocycles. The van der Waals surface area contributed by atoms with Crippen LogP contribution < -0.4 is 10.6 Å². The molecule has 1 heterocycles. The van der Waals surface area contributed by atoms with Gasteiger partial charge in [-0.05, 0) is 39.3 Å². The molecule has 1 saturated heterocycles. The van der Waals surface area contributed by atoms with E-state index in [4.69, 9.17) is 0 Å². The van der Waals surface area contributed by atoms with Crippen LogP contribution in [0, 0.1) is 11.6 Å². The molecule has 4 amide bonds. The van der Waals surface area contributed by atoms with Crippen molar-refractivity contribution in [1.82, 2.24) is 15.5 Å². The molecule has 0 aliphatic carbocycles. The summed E-state index contributed by atoms with van der Waals surface area (Å²) in [5.41, 5.74) is -2.96. The molecule has 2 rings (SSSR count). The van der Waals surface area contributed by atoms with Crippen molar-refractivity contribution in [2.75, 3.05) is 6.54 Å². The van der Waals surface area contributed by atoms with Crippen molar-refractivity contribution < 1.29 is 23.2 Å². The van der Waals surface area contributed by atoms with E-state index in [1.807, 2.05) is 6.92 Å². The number of carbonyl (C=O) groups is 3. The van der Waals surface area contributed by atoms with Crippen LogP contribution in [0.3, 0.4) is 0 Å². The normalized spacial score (nSPS) is 20.6. The van der Waals surface area contributed by atoms with E-state index in [9.17, 15) is 23.2 Å². The number of hydrogen-bond acceptors (Lipinski definition) is 3. The first-order chi connectivity index (χ1) is 11.5. The largest absolute Gasteiger partial charge is 0.350 e. The summed E-state index contributed by atoms with van der Waals surface area (Å²) in [7, 11) is 0. The highest BCUT2D eigenvalue weighted by atomic mass is 19.1. The Morgan fingerprint density at radius 3 is 2.36 bits per heavy atom. The topological polar surface area (TPSA) is 78.5 Å². The van der Waals surface area contributed by atoms with Crippen LogP contribution in [-0.4, -0.2) is 34.8 Å². The Labute approximate surface area is 144 Å². The Kier molecular flexibility index (Phi) is 4.83. The van der Waals surface area contributed by atoms with Crippen LogP contribution in [0.4, 0.5) is 13.6 Å². The third-order valence-corrected chi connectivity index (χ3v) is 4.40. The van der Waals surface area contributed by atoms with Gasteiger partial charge < -0.3 is 10.6 Å². The number of nitrogens with zero attached hydrogens (tertiary/aromatic N) is 1. The number of rotatable bonds is 5. The number of imide groups is 1. The molecular formula is C17H21F2N3O3. The third kappa shape index (κ3) is 3.47. The summed E-state index contributed by atoms with van der Waals surface area (Å²) in [6.07, 6.45) is 0.650. The molecule has 1 aromatic carbocycles. The number of benzene rings is 1. The lowest BCUT2D eigenvalue weighted by atomic mass is 9.91. The average molecular weight is 353 g/mol. The molecule has 0 radical (unpaired) electrons. The fourth-order valence-electron chi connectivity index (χ4n) is 2.63. The van der Waals surface area contributed by atoms with Gasteiger partial charge in [-0.15, -0.1) is 0 Å². The molecule has 1 aliphatic rings. The van der Waals surface area contributed by atoms with Crippen molar-refractivity contribution in [1.29, 1.82) is 0 Å². The minimum atomic E-state index is -1.91. The van der Waals surface area contributed by atoms with Gasteiger partial charge in [0.25, 0.3) is 5.91 Å². The summed E-state index contributed by atoms with van der Waals surface area (Å²) in [4.78, 5) is 37.6. The standard InChI is InChI=1S/C17H21F2N3O3/c1-5-16(2,3)20-12(23)9-22-14(24)17(4,21-15(22)25)13-10(18)7-6-8-11(13)19/h6-8H,5,9H2,1-4H3,(H,20,23)(H,21,25). The summed E-state index contributed by atoms with van der Waals surface area (Å²) in [6.45, 7) is 6.17. The Morgan fingerprint density at radius 1 is 1.28 bits per heavy atom. The number of halogens is 2. The van der Waals surface area contributed by atoms with Gasteiger partial charge in [-0.2, -0.15) is 0 Å². The van der Waals surface area contributed by atoms with Crippen molar-refractivity contribution in [2.24, 2.45) is 0 Å². The molecule has 0 bridgehead atoms. The van der Waals surface area contributed by atoms with Crippen LogP contribution in [0.2, 0.25) is 0 Å². The van der Waals surface area contributed by atoms with E-state index < -0.39 is 52.7 Å². The first-order valence-electron chi connectivity index (χ1n) is 7.91. The lowest BCUT2D eigenvalue weighted by Crippen LogP contribution is -2.49. The van der Waals surface area contributed by atoms with E-state index in [0.29, 0.717) is 11.3 Å². The lowest BCUT2D eigenvalue weighted by molar-refractivity contribution is -0.135. The molecule has 136 valence electrons. The minimum Gasteiger partial charge on any atom is -0.350 e. The van der Waals surface area contributed by atoms with E-state index in [1.54, 1.807) is 13.8 Å². The quantitative estimate of drug-likeness (QED) is 0.795. The van der Waals surface area contributed by atoms with E-state index >= 15 is 0 Å². The first-order valence-corrected chi connectivity index (χ1v) is 7.91. The monoisotopic (exact) mass is 353 g/mol. The molecule has 1 fully saturated rings. The van der Waals surface area contributed by atoms with Crippen LogP contribution in [0.15, 0.2) is 18.2 Å². The second-order valence-electron chi connectivity index (χ2n) is 6.83. The molecule has 1 unspecified atom stereocenters. The van der Waals surface area contributed by atoms with E-state index in [1.165, 1.54) is 6.92 Å². The smallest absolute Gasteiger partial charge is 0.325 e. The summed E-state index contributed by atoms with van der Waals surface area (Å²) in [5.74, 6) is -3.32. The molecule has 2 N–H and O–H groups in total. The van der Waals surface area contributed by atoms with Gasteiger partial charge in [0.2, 0.25) is 5.91 Å². The highest BCUT2D eigenvalue weighted by Gasteiger charge is 2.52. The number of hydrogen-bond donors (Lipinski definition) is 2. The third-order valence-electron chi connectivity index (χ3n) is 4.40. The highest BCUT2D eigenvalue weighted by molar-refractivity contribution is 6.09. The maximum atomic E-state index is 14.1. The second kappa shape index (κ2) is 6.42. The van der Waals surface area contributed by atoms with E-state index in [-0.39, 0.29) is 0 Å². The van der Waals surface area contributed by atoms with Gasteiger partial charge >= 0.3 is 6.03 Å². The average Bonchev–Trinajstić information content (AvgIpc) is 2.70. The fraction of sp³-hybridized carbons (Fsp3) is 0.471. The predicted octanol–water partition coefficient (Wildman–Crippen LogP) is 2.04. The van der Waals surface area contributed by atoms with Gasteiger partial charge in [0.05, 0.1) is 5.56 Å². The van der Waals surface area contributed by atoms with Crippen LogP contribution in [0.25, 0.3) is 0 Å². The maximum absolute atomic E-state index is 14.1. The summed E-state index contributed by atoms with van der Waals surface area (Å²) >= 11 is 0. The molecule has 1 atom stereocenters. The molecule has 6 nitrogen and oxygen atoms in total. The van der Waals surface area contributed by atoms with Crippen LogP contribution in [-0.2, 0) is 15.1 Å². The minimum absolute atomic E-state index is 0.503. The van der Waals surface area contributed by atoms with E-state index in [2.05, 4.69) is 10.6 Å². The Balaban J connectivity index is 2.27. The lowest BCUT2D eigenvalue weighted by Gasteiger charge is -2.26. The Morgan fingerprint density at radius 2 is 1.84 bits per heavy atom. The van der Waals surface area contributed by atoms with Gasteiger partial charge in [0.1, 0.15) is 23.7 Å². The SMILES string of the molecule is CCC(C)(C)NC(=O)CN1C(=O)NC(C)(c2c(F)cccc2F)C1=O. The zero-order chi connectivity index (χ0) is 19.0. The van der Waals surface area contributed by atoms with Gasteiger partial charge in [-0.1, -0.05) is 13.0 Å². The van der Waals surface area contributed by atoms with Crippen molar-refractivity contribution in [3.05, 3.63) is 35.4 Å². The highest BCUT2D eigenvalue weighted by Crippen LogP contribution is 2.32. The van der Waals surface area contributed by atoms with Crippen molar-refractivity contribution in [3.8, 4) is 0 Å².